The van der Waals surface area contributed by atoms with E-state index in [9.17, 15) is 28.4 Å². The number of hydrogen-bond donors (Lipinski definition) is 1. The van der Waals surface area contributed by atoms with Gasteiger partial charge in [0.05, 0.1) is 23.0 Å². The number of rotatable bonds is 7. The molecule has 1 saturated heterocycles. The van der Waals surface area contributed by atoms with Crippen molar-refractivity contribution in [3.05, 3.63) is 87.8 Å². The van der Waals surface area contributed by atoms with Crippen LogP contribution < -0.4 is 20.5 Å². The Bertz CT molecular complexity index is 1490. The van der Waals surface area contributed by atoms with Gasteiger partial charge in [-0.1, -0.05) is 0 Å². The molecule has 0 bridgehead atoms. The van der Waals surface area contributed by atoms with Crippen molar-refractivity contribution in [1.82, 2.24) is 9.47 Å². The second-order valence-corrected chi connectivity index (χ2v) is 9.32. The molecule has 0 radical (unpaired) electrons. The molecule has 0 spiro atoms. The smallest absolute Gasteiger partial charge is 0.263 e. The van der Waals surface area contributed by atoms with Crippen LogP contribution >= 0.6 is 0 Å². The van der Waals surface area contributed by atoms with E-state index in [2.05, 4.69) is 5.32 Å². The summed E-state index contributed by atoms with van der Waals surface area (Å²) < 4.78 is 34.1. The summed E-state index contributed by atoms with van der Waals surface area (Å²) in [7, 11) is 3.15. The van der Waals surface area contributed by atoms with Crippen LogP contribution in [-0.4, -0.2) is 54.6 Å². The lowest BCUT2D eigenvalue weighted by Crippen LogP contribution is -2.39. The molecule has 202 valence electrons. The third-order valence-electron chi connectivity index (χ3n) is 6.41. The van der Waals surface area contributed by atoms with Gasteiger partial charge in [-0.2, -0.15) is 5.26 Å². The third kappa shape index (κ3) is 6.41. The minimum absolute atomic E-state index is 0.0121. The van der Waals surface area contributed by atoms with E-state index in [-0.39, 0.29) is 29.9 Å². The number of benzene rings is 2. The molecule has 39 heavy (non-hydrogen) atoms. The number of hydrogen-bond acceptors (Lipinski definition) is 6. The number of carbonyl (C=O) groups excluding carboxylic acids is 2. The highest BCUT2D eigenvalue weighted by atomic mass is 19.1. The third-order valence-corrected chi connectivity index (χ3v) is 6.41. The van der Waals surface area contributed by atoms with Crippen LogP contribution in [0.25, 0.3) is 0 Å². The fourth-order valence-electron chi connectivity index (χ4n) is 4.26. The van der Waals surface area contributed by atoms with E-state index in [0.29, 0.717) is 42.9 Å². The summed E-state index contributed by atoms with van der Waals surface area (Å²) in [5.74, 6) is -2.43. The van der Waals surface area contributed by atoms with Gasteiger partial charge in [-0.25, -0.2) is 8.78 Å². The fraction of sp³-hybridized carbons (Fsp3) is 0.286. The van der Waals surface area contributed by atoms with Crippen LogP contribution in [0.3, 0.4) is 0 Å². The average Bonchev–Trinajstić information content (AvgIpc) is 2.91. The molecule has 1 aliphatic rings. The molecule has 0 saturated carbocycles. The van der Waals surface area contributed by atoms with E-state index < -0.39 is 23.1 Å². The zero-order valence-electron chi connectivity index (χ0n) is 21.5. The molecule has 1 aromatic heterocycles. The quantitative estimate of drug-likeness (QED) is 0.497. The van der Waals surface area contributed by atoms with Crippen molar-refractivity contribution in [1.29, 1.82) is 5.26 Å². The number of carbonyl (C=O) groups is 2. The van der Waals surface area contributed by atoms with E-state index in [4.69, 9.17) is 4.74 Å². The lowest BCUT2D eigenvalue weighted by Gasteiger charge is -2.34. The summed E-state index contributed by atoms with van der Waals surface area (Å²) in [5.41, 5.74) is 0.552. The number of aromatic nitrogens is 1. The van der Waals surface area contributed by atoms with Crippen LogP contribution in [0.2, 0.25) is 0 Å². The second-order valence-electron chi connectivity index (χ2n) is 9.32. The highest BCUT2D eigenvalue weighted by Crippen LogP contribution is 2.31. The monoisotopic (exact) mass is 535 g/mol. The number of likely N-dealkylation sites (N-methyl/N-ethyl adjacent to an activating group) is 1. The largest absolute Gasteiger partial charge is 0.487 e. The van der Waals surface area contributed by atoms with E-state index in [1.54, 1.807) is 26.2 Å². The maximum Gasteiger partial charge on any atom is 0.263 e. The Morgan fingerprint density at radius 1 is 1.13 bits per heavy atom. The standard InChI is InChI=1S/C28H27F2N5O4/c1-33(2)26(36)17-35-11-3-4-21(28(35)38)27(37)32-23-14-18(16-31)5-7-24(23)34-12-9-20(10-13-34)39-25-8-6-19(29)15-22(25)30/h3-8,11,14-15,20H,9-10,12-13,17H2,1-2H3,(H,32,37). The molecule has 0 atom stereocenters. The summed E-state index contributed by atoms with van der Waals surface area (Å²) in [6.07, 6.45) is 2.22. The van der Waals surface area contributed by atoms with Gasteiger partial charge in [-0.05, 0) is 42.5 Å². The van der Waals surface area contributed by atoms with Gasteiger partial charge >= 0.3 is 0 Å². The van der Waals surface area contributed by atoms with Gasteiger partial charge < -0.3 is 24.4 Å². The number of nitriles is 1. The summed E-state index contributed by atoms with van der Waals surface area (Å²) in [4.78, 5) is 41.5. The van der Waals surface area contributed by atoms with Gasteiger partial charge in [-0.15, -0.1) is 0 Å². The normalized spacial score (nSPS) is 13.5. The van der Waals surface area contributed by atoms with Crippen molar-refractivity contribution in [2.45, 2.75) is 25.5 Å². The van der Waals surface area contributed by atoms with E-state index in [1.807, 2.05) is 11.0 Å². The van der Waals surface area contributed by atoms with Crippen LogP contribution in [0.5, 0.6) is 5.75 Å². The first-order chi connectivity index (χ1) is 18.7. The Kier molecular flexibility index (Phi) is 8.24. The molecule has 4 rings (SSSR count). The molecule has 0 aliphatic carbocycles. The zero-order valence-corrected chi connectivity index (χ0v) is 21.5. The SMILES string of the molecule is CN(C)C(=O)Cn1cccc(C(=O)Nc2cc(C#N)ccc2N2CCC(Oc3ccc(F)cc3F)CC2)c1=O. The lowest BCUT2D eigenvalue weighted by atomic mass is 10.1. The molecule has 1 N–H and O–H groups in total. The van der Waals surface area contributed by atoms with E-state index >= 15 is 0 Å². The first-order valence-corrected chi connectivity index (χ1v) is 12.3. The lowest BCUT2D eigenvalue weighted by molar-refractivity contribution is -0.129. The van der Waals surface area contributed by atoms with E-state index in [1.165, 1.54) is 39.9 Å². The molecule has 0 unspecified atom stereocenters. The minimum atomic E-state index is -0.763. The van der Waals surface area contributed by atoms with Crippen LogP contribution in [-0.2, 0) is 11.3 Å². The van der Waals surface area contributed by atoms with E-state index in [0.717, 1.165) is 12.1 Å². The molecule has 2 heterocycles. The Morgan fingerprint density at radius 3 is 2.54 bits per heavy atom. The number of nitrogens with one attached hydrogen (secondary N) is 1. The van der Waals surface area contributed by atoms with Gasteiger partial charge in [0.15, 0.2) is 11.6 Å². The van der Waals surface area contributed by atoms with Crippen molar-refractivity contribution >= 4 is 23.2 Å². The number of pyridine rings is 1. The second kappa shape index (κ2) is 11.8. The summed E-state index contributed by atoms with van der Waals surface area (Å²) in [5, 5.41) is 12.2. The predicted octanol–water partition coefficient (Wildman–Crippen LogP) is 3.39. The van der Waals surface area contributed by atoms with Crippen molar-refractivity contribution in [2.75, 3.05) is 37.4 Å². The number of anilines is 2. The zero-order chi connectivity index (χ0) is 28.1. The first kappa shape index (κ1) is 27.3. The van der Waals surface area contributed by atoms with Gasteiger partial charge in [0.2, 0.25) is 5.91 Å². The number of halogens is 2. The minimum Gasteiger partial charge on any atom is -0.487 e. The van der Waals surface area contributed by atoms with Crippen molar-refractivity contribution in [2.24, 2.45) is 0 Å². The molecule has 2 amide bonds. The Hall–Kier alpha value is -4.72. The average molecular weight is 536 g/mol. The molecule has 11 heteroatoms. The molecular formula is C28H27F2N5O4. The Morgan fingerprint density at radius 2 is 1.87 bits per heavy atom. The Balaban J connectivity index is 1.50. The summed E-state index contributed by atoms with van der Waals surface area (Å²) in [6.45, 7) is 0.807. The number of piperidine rings is 1. The summed E-state index contributed by atoms with van der Waals surface area (Å²) >= 11 is 0. The van der Waals surface area contributed by atoms with Crippen LogP contribution in [0, 0.1) is 23.0 Å². The van der Waals surface area contributed by atoms with Gasteiger partial charge in [-0.3, -0.25) is 14.4 Å². The first-order valence-electron chi connectivity index (χ1n) is 12.3. The maximum atomic E-state index is 14.0. The highest BCUT2D eigenvalue weighted by Gasteiger charge is 2.25. The van der Waals surface area contributed by atoms with Crippen LogP contribution in [0.4, 0.5) is 20.2 Å². The van der Waals surface area contributed by atoms with Crippen molar-refractivity contribution in [3.63, 3.8) is 0 Å². The molecule has 2 aromatic carbocycles. The molecular weight excluding hydrogens is 508 g/mol. The van der Waals surface area contributed by atoms with Crippen molar-refractivity contribution < 1.29 is 23.1 Å². The number of amides is 2. The Labute approximate surface area is 223 Å². The number of ether oxygens (including phenoxy) is 1. The van der Waals surface area contributed by atoms with Gasteiger partial charge in [0.25, 0.3) is 11.5 Å². The topological polar surface area (TPSA) is 108 Å². The predicted molar refractivity (Wildman–Crippen MR) is 141 cm³/mol. The van der Waals surface area contributed by atoms with Gasteiger partial charge in [0.1, 0.15) is 24.0 Å². The molecule has 3 aromatic rings. The van der Waals surface area contributed by atoms with Crippen molar-refractivity contribution in [3.8, 4) is 11.8 Å². The van der Waals surface area contributed by atoms with Crippen LogP contribution in [0.15, 0.2) is 59.5 Å². The maximum absolute atomic E-state index is 14.0. The van der Waals surface area contributed by atoms with Gasteiger partial charge in [0, 0.05) is 52.3 Å². The highest BCUT2D eigenvalue weighted by molar-refractivity contribution is 6.05. The molecule has 1 fully saturated rings. The molecule has 1 aliphatic heterocycles. The van der Waals surface area contributed by atoms with Crippen LogP contribution in [0.1, 0.15) is 28.8 Å². The fourth-order valence-corrected chi connectivity index (χ4v) is 4.26. The molecule has 9 nitrogen and oxygen atoms in total. The summed E-state index contributed by atoms with van der Waals surface area (Å²) in [6, 6.07) is 13.0. The number of nitrogens with zero attached hydrogens (tertiary/aromatic N) is 4.